The Kier molecular flexibility index (Phi) is 7.66. The minimum Gasteiger partial charge on any atom is -0.493 e. The summed E-state index contributed by atoms with van der Waals surface area (Å²) >= 11 is 1.49. The van der Waals surface area contributed by atoms with Crippen LogP contribution in [0.1, 0.15) is 23.9 Å². The van der Waals surface area contributed by atoms with Crippen LogP contribution in [0.15, 0.2) is 78.3 Å². The van der Waals surface area contributed by atoms with Crippen LogP contribution in [0.2, 0.25) is 0 Å². The molecule has 6 nitrogen and oxygen atoms in total. The highest BCUT2D eigenvalue weighted by molar-refractivity contribution is 7.13. The summed E-state index contributed by atoms with van der Waals surface area (Å²) < 4.78 is 16.8. The van der Waals surface area contributed by atoms with Crippen LogP contribution in [0.5, 0.6) is 11.5 Å². The van der Waals surface area contributed by atoms with Crippen molar-refractivity contribution in [1.82, 2.24) is 9.97 Å². The van der Waals surface area contributed by atoms with E-state index in [2.05, 4.69) is 9.97 Å². The van der Waals surface area contributed by atoms with E-state index < -0.39 is 0 Å². The van der Waals surface area contributed by atoms with Gasteiger partial charge in [-0.15, -0.1) is 11.3 Å². The first-order valence-electron chi connectivity index (χ1n) is 10.6. The van der Waals surface area contributed by atoms with Gasteiger partial charge >= 0.3 is 5.97 Å². The molecule has 0 saturated heterocycles. The minimum absolute atomic E-state index is 0.124. The monoisotopic (exact) mass is 460 g/mol. The number of esters is 1. The SMILES string of the molecule is CCOc1ccccc1-c1nc(CC(=O)OCc2ccc(OCc3ccccn3)cc2)cs1. The highest BCUT2D eigenvalue weighted by Gasteiger charge is 2.13. The van der Waals surface area contributed by atoms with Crippen molar-refractivity contribution in [2.45, 2.75) is 26.6 Å². The predicted octanol–water partition coefficient (Wildman–Crippen LogP) is 5.47. The first kappa shape index (κ1) is 22.5. The van der Waals surface area contributed by atoms with Crippen molar-refractivity contribution in [3.05, 3.63) is 95.3 Å². The number of rotatable bonds is 10. The molecule has 0 atom stereocenters. The Balaban J connectivity index is 1.27. The third-order valence-electron chi connectivity index (χ3n) is 4.73. The van der Waals surface area contributed by atoms with E-state index in [0.29, 0.717) is 18.9 Å². The third-order valence-corrected chi connectivity index (χ3v) is 5.65. The van der Waals surface area contributed by atoms with Crippen molar-refractivity contribution < 1.29 is 19.0 Å². The second kappa shape index (κ2) is 11.2. The Bertz CT molecular complexity index is 1180. The van der Waals surface area contributed by atoms with Crippen LogP contribution in [0.25, 0.3) is 10.6 Å². The van der Waals surface area contributed by atoms with E-state index in [1.54, 1.807) is 6.20 Å². The molecule has 0 spiro atoms. The second-order valence-corrected chi connectivity index (χ2v) is 8.02. The van der Waals surface area contributed by atoms with Crippen LogP contribution in [0, 0.1) is 0 Å². The van der Waals surface area contributed by atoms with Gasteiger partial charge in [0.15, 0.2) is 0 Å². The fourth-order valence-electron chi connectivity index (χ4n) is 3.12. The lowest BCUT2D eigenvalue weighted by molar-refractivity contribution is -0.144. The van der Waals surface area contributed by atoms with Gasteiger partial charge in [-0.2, -0.15) is 0 Å². The number of aromatic nitrogens is 2. The smallest absolute Gasteiger partial charge is 0.312 e. The molecule has 0 fully saturated rings. The Morgan fingerprint density at radius 1 is 0.909 bits per heavy atom. The van der Waals surface area contributed by atoms with E-state index in [4.69, 9.17) is 14.2 Å². The molecule has 2 aromatic heterocycles. The molecule has 2 heterocycles. The van der Waals surface area contributed by atoms with Crippen LogP contribution in [0.4, 0.5) is 0 Å². The maximum atomic E-state index is 12.3. The van der Waals surface area contributed by atoms with Gasteiger partial charge in [0.2, 0.25) is 0 Å². The van der Waals surface area contributed by atoms with E-state index in [1.807, 2.05) is 79.0 Å². The molecule has 0 aliphatic heterocycles. The van der Waals surface area contributed by atoms with Gasteiger partial charge in [-0.3, -0.25) is 9.78 Å². The number of ether oxygens (including phenoxy) is 3. The van der Waals surface area contributed by atoms with E-state index in [-0.39, 0.29) is 19.0 Å². The summed E-state index contributed by atoms with van der Waals surface area (Å²) in [5.41, 5.74) is 3.36. The number of hydrogen-bond acceptors (Lipinski definition) is 7. The maximum Gasteiger partial charge on any atom is 0.312 e. The zero-order chi connectivity index (χ0) is 22.9. The zero-order valence-corrected chi connectivity index (χ0v) is 19.1. The first-order chi connectivity index (χ1) is 16.2. The summed E-state index contributed by atoms with van der Waals surface area (Å²) in [4.78, 5) is 21.1. The number of pyridine rings is 1. The molecule has 7 heteroatoms. The van der Waals surface area contributed by atoms with Gasteiger partial charge in [-0.1, -0.05) is 30.3 Å². The highest BCUT2D eigenvalue weighted by atomic mass is 32.1. The summed E-state index contributed by atoms with van der Waals surface area (Å²) in [6.45, 7) is 3.13. The van der Waals surface area contributed by atoms with Crippen LogP contribution >= 0.6 is 11.3 Å². The van der Waals surface area contributed by atoms with Crippen LogP contribution in [0.3, 0.4) is 0 Å². The number of thiazole rings is 1. The van der Waals surface area contributed by atoms with Crippen molar-refractivity contribution in [2.24, 2.45) is 0 Å². The average molecular weight is 461 g/mol. The lowest BCUT2D eigenvalue weighted by Crippen LogP contribution is -2.08. The second-order valence-electron chi connectivity index (χ2n) is 7.16. The molecule has 0 bridgehead atoms. The number of hydrogen-bond donors (Lipinski definition) is 0. The average Bonchev–Trinajstić information content (AvgIpc) is 3.31. The molecule has 2 aromatic carbocycles. The summed E-state index contributed by atoms with van der Waals surface area (Å²) in [6.07, 6.45) is 1.86. The standard InChI is InChI=1S/C26H24N2O4S/c1-2-30-24-9-4-3-8-23(24)26-28-21(18-33-26)15-25(29)32-16-19-10-12-22(13-11-19)31-17-20-7-5-6-14-27-20/h3-14,18H,2,15-17H2,1H3. The van der Waals surface area contributed by atoms with Gasteiger partial charge in [0.05, 0.1) is 30.0 Å². The summed E-state index contributed by atoms with van der Waals surface area (Å²) in [5, 5.41) is 2.70. The summed E-state index contributed by atoms with van der Waals surface area (Å²) in [6, 6.07) is 20.9. The van der Waals surface area contributed by atoms with E-state index >= 15 is 0 Å². The minimum atomic E-state index is -0.319. The number of carbonyl (C=O) groups is 1. The van der Waals surface area contributed by atoms with Crippen molar-refractivity contribution in [3.63, 3.8) is 0 Å². The Hall–Kier alpha value is -3.71. The molecule has 0 aliphatic rings. The lowest BCUT2D eigenvalue weighted by Gasteiger charge is -2.08. The van der Waals surface area contributed by atoms with E-state index in [0.717, 1.165) is 33.3 Å². The molecule has 168 valence electrons. The molecule has 0 saturated carbocycles. The van der Waals surface area contributed by atoms with Crippen molar-refractivity contribution in [2.75, 3.05) is 6.61 Å². The fraction of sp³-hybridized carbons (Fsp3) is 0.192. The molecular weight excluding hydrogens is 436 g/mol. The normalized spacial score (nSPS) is 10.6. The molecule has 4 rings (SSSR count). The molecule has 0 N–H and O–H groups in total. The van der Waals surface area contributed by atoms with Crippen LogP contribution in [-0.2, 0) is 29.2 Å². The molecule has 0 aliphatic carbocycles. The lowest BCUT2D eigenvalue weighted by atomic mass is 10.2. The Morgan fingerprint density at radius 3 is 2.52 bits per heavy atom. The molecule has 0 unspecified atom stereocenters. The van der Waals surface area contributed by atoms with Gasteiger partial charge in [-0.25, -0.2) is 4.98 Å². The van der Waals surface area contributed by atoms with Gasteiger partial charge < -0.3 is 14.2 Å². The molecule has 0 amide bonds. The molecule has 33 heavy (non-hydrogen) atoms. The zero-order valence-electron chi connectivity index (χ0n) is 18.3. The predicted molar refractivity (Wildman–Crippen MR) is 127 cm³/mol. The Labute approximate surface area is 196 Å². The van der Waals surface area contributed by atoms with Gasteiger partial charge in [-0.05, 0) is 48.9 Å². The van der Waals surface area contributed by atoms with Gasteiger partial charge in [0, 0.05) is 11.6 Å². The number of benzene rings is 2. The molecule has 4 aromatic rings. The number of carbonyl (C=O) groups excluding carboxylic acids is 1. The highest BCUT2D eigenvalue weighted by Crippen LogP contribution is 2.32. The van der Waals surface area contributed by atoms with E-state index in [9.17, 15) is 4.79 Å². The van der Waals surface area contributed by atoms with Gasteiger partial charge in [0.25, 0.3) is 0 Å². The quantitative estimate of drug-likeness (QED) is 0.292. The molecule has 0 radical (unpaired) electrons. The Morgan fingerprint density at radius 2 is 1.73 bits per heavy atom. The third kappa shape index (κ3) is 6.40. The van der Waals surface area contributed by atoms with Crippen molar-refractivity contribution in [1.29, 1.82) is 0 Å². The van der Waals surface area contributed by atoms with Crippen molar-refractivity contribution >= 4 is 17.3 Å². The van der Waals surface area contributed by atoms with Crippen LogP contribution in [-0.4, -0.2) is 22.5 Å². The van der Waals surface area contributed by atoms with E-state index in [1.165, 1.54) is 11.3 Å². The first-order valence-corrected chi connectivity index (χ1v) is 11.5. The summed E-state index contributed by atoms with van der Waals surface area (Å²) in [7, 11) is 0. The topological polar surface area (TPSA) is 70.5 Å². The molecular formula is C26H24N2O4S. The number of para-hydroxylation sites is 1. The van der Waals surface area contributed by atoms with Crippen molar-refractivity contribution in [3.8, 4) is 22.1 Å². The van der Waals surface area contributed by atoms with Gasteiger partial charge in [0.1, 0.15) is 29.7 Å². The van der Waals surface area contributed by atoms with Crippen LogP contribution < -0.4 is 9.47 Å². The fourth-order valence-corrected chi connectivity index (χ4v) is 3.97. The number of nitrogens with zero attached hydrogens (tertiary/aromatic N) is 2. The maximum absolute atomic E-state index is 12.3. The summed E-state index contributed by atoms with van der Waals surface area (Å²) in [5.74, 6) is 1.20. The largest absolute Gasteiger partial charge is 0.493 e.